The zero-order valence-corrected chi connectivity index (χ0v) is 14.2. The molecule has 3 atom stereocenters. The van der Waals surface area contributed by atoms with Gasteiger partial charge in [-0.05, 0) is 31.6 Å². The summed E-state index contributed by atoms with van der Waals surface area (Å²) in [5.41, 5.74) is 0.0258. The third-order valence-electron chi connectivity index (χ3n) is 3.25. The van der Waals surface area contributed by atoms with Crippen molar-refractivity contribution in [2.24, 2.45) is 0 Å². The van der Waals surface area contributed by atoms with Gasteiger partial charge in [-0.3, -0.25) is 0 Å². The van der Waals surface area contributed by atoms with Crippen LogP contribution >= 0.6 is 11.8 Å². The second-order valence-corrected chi connectivity index (χ2v) is 6.43. The van der Waals surface area contributed by atoms with Crippen LogP contribution in [0.3, 0.4) is 0 Å². The van der Waals surface area contributed by atoms with E-state index in [9.17, 15) is 0 Å². The van der Waals surface area contributed by atoms with Crippen molar-refractivity contribution in [3.8, 4) is 0 Å². The molecule has 20 heavy (non-hydrogen) atoms. The second-order valence-electron chi connectivity index (χ2n) is 5.09. The molecule has 118 valence electrons. The van der Waals surface area contributed by atoms with Crippen molar-refractivity contribution in [3.05, 3.63) is 11.8 Å². The molecule has 0 aromatic heterocycles. The summed E-state index contributed by atoms with van der Waals surface area (Å²) < 4.78 is 17.9. The molecule has 3 unspecified atom stereocenters. The number of rotatable bonds is 10. The molecule has 3 nitrogen and oxygen atoms in total. The molecule has 0 aromatic rings. The summed E-state index contributed by atoms with van der Waals surface area (Å²) in [4.78, 5) is 0. The first-order valence-electron chi connectivity index (χ1n) is 7.96. The van der Waals surface area contributed by atoms with Crippen LogP contribution < -0.4 is 0 Å². The largest absolute Gasteiger partial charge is 0.494 e. The first kappa shape index (κ1) is 17.9. The highest BCUT2D eigenvalue weighted by atomic mass is 32.2. The van der Waals surface area contributed by atoms with Crippen LogP contribution in [-0.4, -0.2) is 36.6 Å². The Labute approximate surface area is 128 Å². The monoisotopic (exact) mass is 302 g/mol. The van der Waals surface area contributed by atoms with Crippen LogP contribution in [0, 0.1) is 0 Å². The molecule has 0 amide bonds. The molecule has 0 saturated carbocycles. The minimum atomic E-state index is 0.0203. The molecule has 4 heteroatoms. The minimum Gasteiger partial charge on any atom is -0.494 e. The van der Waals surface area contributed by atoms with E-state index in [-0.39, 0.29) is 17.6 Å². The third-order valence-corrected chi connectivity index (χ3v) is 4.23. The van der Waals surface area contributed by atoms with Gasteiger partial charge >= 0.3 is 0 Å². The van der Waals surface area contributed by atoms with E-state index in [1.807, 2.05) is 0 Å². The fourth-order valence-electron chi connectivity index (χ4n) is 1.99. The molecule has 0 N–H and O–H groups in total. The first-order valence-corrected chi connectivity index (χ1v) is 9.00. The van der Waals surface area contributed by atoms with Gasteiger partial charge in [-0.15, -0.1) is 11.8 Å². The van der Waals surface area contributed by atoms with Crippen LogP contribution in [0.15, 0.2) is 11.8 Å². The molecule has 1 rings (SSSR count). The van der Waals surface area contributed by atoms with Gasteiger partial charge in [-0.25, -0.2) is 0 Å². The second kappa shape index (κ2) is 10.5. The van der Waals surface area contributed by atoms with Crippen LogP contribution in [0.1, 0.15) is 53.4 Å². The summed E-state index contributed by atoms with van der Waals surface area (Å²) in [7, 11) is 0. The molecule has 1 aliphatic rings. The van der Waals surface area contributed by atoms with Gasteiger partial charge in [0.15, 0.2) is 5.44 Å². The van der Waals surface area contributed by atoms with Crippen LogP contribution in [0.2, 0.25) is 0 Å². The summed E-state index contributed by atoms with van der Waals surface area (Å²) in [5.74, 6) is 1.97. The van der Waals surface area contributed by atoms with Gasteiger partial charge in [0, 0.05) is 6.61 Å². The Morgan fingerprint density at radius 1 is 1.15 bits per heavy atom. The van der Waals surface area contributed by atoms with Gasteiger partial charge < -0.3 is 14.2 Å². The first-order chi connectivity index (χ1) is 9.72. The fraction of sp³-hybridized carbons (Fsp3) is 0.875. The molecule has 0 bridgehead atoms. The van der Waals surface area contributed by atoms with Crippen molar-refractivity contribution >= 4 is 11.8 Å². The molecule has 0 radical (unpaired) electrons. The molecule has 1 heterocycles. The van der Waals surface area contributed by atoms with Crippen molar-refractivity contribution in [3.63, 3.8) is 0 Å². The maximum Gasteiger partial charge on any atom is 0.160 e. The Morgan fingerprint density at radius 3 is 2.50 bits per heavy atom. The summed E-state index contributed by atoms with van der Waals surface area (Å²) in [6, 6.07) is 0. The Balaban J connectivity index is 2.60. The summed E-state index contributed by atoms with van der Waals surface area (Å²) in [5, 5.41) is 0. The Kier molecular flexibility index (Phi) is 9.40. The standard InChI is InChI=1S/C16H30O3S/c1-5-8-10-17-14-12-15(18-11-9-6-2)16(20-7-3)19-13(14)4/h12-14,16H,5-11H2,1-4H3. The van der Waals surface area contributed by atoms with E-state index in [1.54, 1.807) is 11.8 Å². The highest BCUT2D eigenvalue weighted by Crippen LogP contribution is 2.30. The fourth-order valence-corrected chi connectivity index (χ4v) is 2.85. The maximum atomic E-state index is 6.06. The van der Waals surface area contributed by atoms with E-state index < -0.39 is 0 Å². The number of thioether (sulfide) groups is 1. The molecule has 0 aromatic carbocycles. The van der Waals surface area contributed by atoms with Gasteiger partial charge in [-0.2, -0.15) is 0 Å². The molecular formula is C16H30O3S. The van der Waals surface area contributed by atoms with E-state index in [0.29, 0.717) is 0 Å². The SMILES string of the molecule is CCCCOC1=CC(OCCCC)C(C)OC1SCC. The zero-order chi connectivity index (χ0) is 14.8. The van der Waals surface area contributed by atoms with E-state index in [0.717, 1.165) is 50.4 Å². The molecule has 0 fully saturated rings. The number of hydrogen-bond acceptors (Lipinski definition) is 4. The smallest absolute Gasteiger partial charge is 0.160 e. The normalized spacial score (nSPS) is 26.4. The maximum absolute atomic E-state index is 6.06. The van der Waals surface area contributed by atoms with Crippen LogP contribution in [-0.2, 0) is 14.2 Å². The molecule has 1 aliphatic heterocycles. The van der Waals surface area contributed by atoms with Gasteiger partial charge in [0.1, 0.15) is 11.9 Å². The summed E-state index contributed by atoms with van der Waals surface area (Å²) in [6.07, 6.45) is 6.72. The number of unbranched alkanes of at least 4 members (excludes halogenated alkanes) is 2. The lowest BCUT2D eigenvalue weighted by molar-refractivity contribution is -0.0726. The predicted octanol–water partition coefficient (Wildman–Crippen LogP) is 4.37. The van der Waals surface area contributed by atoms with E-state index in [4.69, 9.17) is 14.2 Å². The quantitative estimate of drug-likeness (QED) is 0.560. The number of ether oxygens (including phenoxy) is 3. The Hall–Kier alpha value is -0.190. The highest BCUT2D eigenvalue weighted by Gasteiger charge is 2.30. The van der Waals surface area contributed by atoms with E-state index in [1.165, 1.54) is 0 Å². The van der Waals surface area contributed by atoms with Crippen molar-refractivity contribution in [1.82, 2.24) is 0 Å². The van der Waals surface area contributed by atoms with Gasteiger partial charge in [-0.1, -0.05) is 33.6 Å². The molecule has 0 spiro atoms. The minimum absolute atomic E-state index is 0.0203. The van der Waals surface area contributed by atoms with Crippen LogP contribution in [0.4, 0.5) is 0 Å². The van der Waals surface area contributed by atoms with Gasteiger partial charge in [0.25, 0.3) is 0 Å². The highest BCUT2D eigenvalue weighted by molar-refractivity contribution is 7.99. The average molecular weight is 302 g/mol. The van der Waals surface area contributed by atoms with Crippen molar-refractivity contribution in [2.45, 2.75) is 71.0 Å². The summed E-state index contributed by atoms with van der Waals surface area (Å²) in [6.45, 7) is 10.1. The average Bonchev–Trinajstić information content (AvgIpc) is 2.43. The summed E-state index contributed by atoms with van der Waals surface area (Å²) >= 11 is 1.78. The van der Waals surface area contributed by atoms with Crippen molar-refractivity contribution in [2.75, 3.05) is 19.0 Å². The molecular weight excluding hydrogens is 272 g/mol. The Morgan fingerprint density at radius 2 is 1.85 bits per heavy atom. The van der Waals surface area contributed by atoms with E-state index >= 15 is 0 Å². The molecule has 0 saturated heterocycles. The third kappa shape index (κ3) is 6.06. The van der Waals surface area contributed by atoms with Crippen molar-refractivity contribution < 1.29 is 14.2 Å². The lowest BCUT2D eigenvalue weighted by Gasteiger charge is -2.33. The topological polar surface area (TPSA) is 27.7 Å². The predicted molar refractivity (Wildman–Crippen MR) is 86.1 cm³/mol. The lowest BCUT2D eigenvalue weighted by atomic mass is 10.1. The lowest BCUT2D eigenvalue weighted by Crippen LogP contribution is -2.37. The Bertz CT molecular complexity index is 281. The van der Waals surface area contributed by atoms with E-state index in [2.05, 4.69) is 33.8 Å². The number of hydrogen-bond donors (Lipinski definition) is 0. The van der Waals surface area contributed by atoms with Crippen molar-refractivity contribution in [1.29, 1.82) is 0 Å². The van der Waals surface area contributed by atoms with Gasteiger partial charge in [0.2, 0.25) is 0 Å². The zero-order valence-electron chi connectivity index (χ0n) is 13.4. The molecule has 0 aliphatic carbocycles. The van der Waals surface area contributed by atoms with Crippen LogP contribution in [0.5, 0.6) is 0 Å². The van der Waals surface area contributed by atoms with Crippen LogP contribution in [0.25, 0.3) is 0 Å². The van der Waals surface area contributed by atoms with Gasteiger partial charge in [0.05, 0.1) is 12.7 Å².